The van der Waals surface area contributed by atoms with Crippen LogP contribution in [0.4, 0.5) is 5.69 Å². The molecule has 1 saturated heterocycles. The quantitative estimate of drug-likeness (QED) is 0.621. The van der Waals surface area contributed by atoms with E-state index in [1.807, 2.05) is 12.1 Å². The number of likely N-dealkylation sites (tertiary alicyclic amines) is 1. The number of aromatic nitrogens is 1. The molecule has 0 radical (unpaired) electrons. The molecule has 1 aromatic heterocycles. The van der Waals surface area contributed by atoms with Crippen molar-refractivity contribution in [1.29, 1.82) is 0 Å². The Labute approximate surface area is 108 Å². The van der Waals surface area contributed by atoms with Gasteiger partial charge in [0.2, 0.25) is 0 Å². The normalized spacial score (nSPS) is 25.1. The molecule has 2 atom stereocenters. The molecule has 1 aliphatic heterocycles. The van der Waals surface area contributed by atoms with Crippen LogP contribution in [0.2, 0.25) is 0 Å². The predicted molar refractivity (Wildman–Crippen MR) is 71.9 cm³/mol. The van der Waals surface area contributed by atoms with Crippen LogP contribution in [0.1, 0.15) is 19.0 Å². The van der Waals surface area contributed by atoms with Gasteiger partial charge < -0.3 is 10.2 Å². The molecule has 3 N–H and O–H groups in total. The first-order valence-electron chi connectivity index (χ1n) is 6.39. The van der Waals surface area contributed by atoms with Gasteiger partial charge in [-0.2, -0.15) is 0 Å². The number of piperidine rings is 1. The lowest BCUT2D eigenvalue weighted by atomic mass is 9.96. The summed E-state index contributed by atoms with van der Waals surface area (Å²) in [6.07, 6.45) is 3.28. The largest absolute Gasteiger partial charge is 0.380 e. The Morgan fingerprint density at radius 1 is 1.61 bits per heavy atom. The zero-order chi connectivity index (χ0) is 13.0. The Morgan fingerprint density at radius 2 is 2.44 bits per heavy atom. The number of pyridine rings is 1. The highest BCUT2D eigenvalue weighted by Crippen LogP contribution is 2.21. The Bertz CT molecular complexity index is 385. The van der Waals surface area contributed by atoms with Crippen molar-refractivity contribution in [2.24, 2.45) is 11.8 Å². The second-order valence-electron chi connectivity index (χ2n) is 4.96. The van der Waals surface area contributed by atoms with Crippen LogP contribution in [0.5, 0.6) is 0 Å². The van der Waals surface area contributed by atoms with E-state index in [1.165, 1.54) is 6.42 Å². The van der Waals surface area contributed by atoms with Crippen LogP contribution < -0.4 is 11.3 Å². The monoisotopic (exact) mass is 250 g/mol. The summed E-state index contributed by atoms with van der Waals surface area (Å²) in [7, 11) is 1.79. The fourth-order valence-corrected chi connectivity index (χ4v) is 2.43. The molecule has 1 aliphatic rings. The summed E-state index contributed by atoms with van der Waals surface area (Å²) in [5.41, 5.74) is 4.58. The number of methoxy groups -OCH3 is 1. The molecule has 100 valence electrons. The fourth-order valence-electron chi connectivity index (χ4n) is 2.43. The number of rotatable bonds is 4. The van der Waals surface area contributed by atoms with Gasteiger partial charge in [-0.15, -0.1) is 0 Å². The van der Waals surface area contributed by atoms with Gasteiger partial charge in [-0.1, -0.05) is 6.92 Å². The van der Waals surface area contributed by atoms with Crippen LogP contribution in [0.15, 0.2) is 18.3 Å². The van der Waals surface area contributed by atoms with Gasteiger partial charge in [0, 0.05) is 26.4 Å². The summed E-state index contributed by atoms with van der Waals surface area (Å²) in [5, 5.41) is 0. The lowest BCUT2D eigenvalue weighted by Gasteiger charge is -2.36. The molecule has 0 aromatic carbocycles. The van der Waals surface area contributed by atoms with Crippen LogP contribution in [0, 0.1) is 5.92 Å². The van der Waals surface area contributed by atoms with Crippen molar-refractivity contribution in [1.82, 2.24) is 9.88 Å². The number of nitrogens with one attached hydrogen (secondary N) is 1. The molecule has 2 rings (SSSR count). The van der Waals surface area contributed by atoms with Crippen LogP contribution in [-0.4, -0.2) is 36.2 Å². The molecule has 5 nitrogen and oxygen atoms in total. The van der Waals surface area contributed by atoms with Crippen LogP contribution >= 0.6 is 0 Å². The first-order chi connectivity index (χ1) is 8.72. The lowest BCUT2D eigenvalue weighted by Crippen LogP contribution is -2.43. The summed E-state index contributed by atoms with van der Waals surface area (Å²) >= 11 is 0. The molecule has 2 heterocycles. The van der Waals surface area contributed by atoms with Crippen molar-refractivity contribution in [3.8, 4) is 0 Å². The number of nitrogen functional groups attached to an aromatic ring is 1. The molecule has 0 saturated carbocycles. The summed E-state index contributed by atoms with van der Waals surface area (Å²) < 4.78 is 5.52. The van der Waals surface area contributed by atoms with E-state index in [-0.39, 0.29) is 0 Å². The van der Waals surface area contributed by atoms with E-state index in [4.69, 9.17) is 10.6 Å². The molecule has 1 fully saturated rings. The van der Waals surface area contributed by atoms with Crippen LogP contribution in [-0.2, 0) is 11.3 Å². The van der Waals surface area contributed by atoms with Gasteiger partial charge in [0.25, 0.3) is 0 Å². The molecule has 0 amide bonds. The first-order valence-corrected chi connectivity index (χ1v) is 6.39. The third kappa shape index (κ3) is 3.19. The molecule has 0 bridgehead atoms. The maximum absolute atomic E-state index is 5.52. The van der Waals surface area contributed by atoms with Crippen molar-refractivity contribution in [2.45, 2.75) is 26.0 Å². The molecule has 1 aromatic rings. The highest BCUT2D eigenvalue weighted by Gasteiger charge is 2.25. The van der Waals surface area contributed by atoms with E-state index in [0.717, 1.165) is 31.0 Å². The predicted octanol–water partition coefficient (Wildman–Crippen LogP) is 1.22. The van der Waals surface area contributed by atoms with E-state index < -0.39 is 0 Å². The molecule has 5 heteroatoms. The van der Waals surface area contributed by atoms with Crippen molar-refractivity contribution in [3.05, 3.63) is 24.0 Å². The maximum atomic E-state index is 5.52. The Morgan fingerprint density at radius 3 is 3.17 bits per heavy atom. The van der Waals surface area contributed by atoms with Crippen LogP contribution in [0.25, 0.3) is 0 Å². The van der Waals surface area contributed by atoms with E-state index in [1.54, 1.807) is 13.3 Å². The van der Waals surface area contributed by atoms with E-state index in [2.05, 4.69) is 22.2 Å². The zero-order valence-electron chi connectivity index (χ0n) is 11.1. The molecule has 2 unspecified atom stereocenters. The lowest BCUT2D eigenvalue weighted by molar-refractivity contribution is -0.00778. The van der Waals surface area contributed by atoms with Gasteiger partial charge in [0.15, 0.2) is 0 Å². The minimum absolute atomic E-state index is 0.328. The van der Waals surface area contributed by atoms with Crippen molar-refractivity contribution in [3.63, 3.8) is 0 Å². The average Bonchev–Trinajstić information content (AvgIpc) is 2.41. The molecule has 0 spiro atoms. The van der Waals surface area contributed by atoms with Crippen molar-refractivity contribution < 1.29 is 4.74 Å². The number of hydrogen-bond donors (Lipinski definition) is 2. The topological polar surface area (TPSA) is 63.4 Å². The summed E-state index contributed by atoms with van der Waals surface area (Å²) in [4.78, 5) is 6.76. The number of hydrogen-bond acceptors (Lipinski definition) is 5. The number of hydrazine groups is 1. The third-order valence-electron chi connectivity index (χ3n) is 3.65. The van der Waals surface area contributed by atoms with Gasteiger partial charge >= 0.3 is 0 Å². The SMILES string of the molecule is COC1CN(Cc2cc(NN)ccn2)CCC1C. The smallest absolute Gasteiger partial charge is 0.0724 e. The van der Waals surface area contributed by atoms with Gasteiger partial charge in [0.05, 0.1) is 17.5 Å². The second kappa shape index (κ2) is 6.13. The van der Waals surface area contributed by atoms with Crippen molar-refractivity contribution in [2.75, 3.05) is 25.6 Å². The summed E-state index contributed by atoms with van der Waals surface area (Å²) in [6, 6.07) is 3.85. The highest BCUT2D eigenvalue weighted by molar-refractivity contribution is 5.41. The molecule has 0 aliphatic carbocycles. The minimum Gasteiger partial charge on any atom is -0.380 e. The van der Waals surface area contributed by atoms with Crippen LogP contribution in [0.3, 0.4) is 0 Å². The average molecular weight is 250 g/mol. The van der Waals surface area contributed by atoms with E-state index >= 15 is 0 Å². The summed E-state index contributed by atoms with van der Waals surface area (Å²) in [6.45, 7) is 5.17. The number of nitrogens with two attached hydrogens (primary N) is 1. The van der Waals surface area contributed by atoms with Gasteiger partial charge in [-0.3, -0.25) is 15.7 Å². The van der Waals surface area contributed by atoms with Gasteiger partial charge in [-0.05, 0) is 31.0 Å². The van der Waals surface area contributed by atoms with Gasteiger partial charge in [0.1, 0.15) is 0 Å². The number of ether oxygens (including phenoxy) is 1. The summed E-state index contributed by atoms with van der Waals surface area (Å²) in [5.74, 6) is 6.04. The second-order valence-corrected chi connectivity index (χ2v) is 4.96. The first kappa shape index (κ1) is 13.3. The standard InChI is InChI=1S/C13H22N4O/c1-10-4-6-17(9-13(10)18-2)8-12-7-11(16-14)3-5-15-12/h3,5,7,10,13H,4,6,8-9,14H2,1-2H3,(H,15,16). The molecular weight excluding hydrogens is 228 g/mol. The number of nitrogens with zero attached hydrogens (tertiary/aromatic N) is 2. The van der Waals surface area contributed by atoms with E-state index in [0.29, 0.717) is 12.0 Å². The zero-order valence-corrected chi connectivity index (χ0v) is 11.1. The number of anilines is 1. The third-order valence-corrected chi connectivity index (χ3v) is 3.65. The minimum atomic E-state index is 0.328. The Balaban J connectivity index is 1.96. The highest BCUT2D eigenvalue weighted by atomic mass is 16.5. The molecular formula is C13H22N4O. The fraction of sp³-hybridized carbons (Fsp3) is 0.615. The van der Waals surface area contributed by atoms with E-state index in [9.17, 15) is 0 Å². The Hall–Kier alpha value is -1.17. The Kier molecular flexibility index (Phi) is 4.52. The van der Waals surface area contributed by atoms with Crippen molar-refractivity contribution >= 4 is 5.69 Å². The van der Waals surface area contributed by atoms with Gasteiger partial charge in [-0.25, -0.2) is 0 Å². The molecule has 18 heavy (non-hydrogen) atoms. The maximum Gasteiger partial charge on any atom is 0.0724 e.